The fraction of sp³-hybridized carbons (Fsp3) is 0.500. The van der Waals surface area contributed by atoms with Crippen LogP contribution in [-0.4, -0.2) is 12.8 Å². The minimum atomic E-state index is 0.515. The lowest BCUT2D eigenvalue weighted by atomic mass is 10.1. The van der Waals surface area contributed by atoms with Crippen molar-refractivity contribution < 1.29 is 0 Å². The average Bonchev–Trinajstić information content (AvgIpc) is 1.97. The topological polar surface area (TPSA) is 12.4 Å². The second kappa shape index (κ2) is 5.90. The van der Waals surface area contributed by atoms with Gasteiger partial charge in [0, 0.05) is 12.8 Å². The summed E-state index contributed by atoms with van der Waals surface area (Å²) in [7, 11) is 1.83. The van der Waals surface area contributed by atoms with Gasteiger partial charge in [-0.05, 0) is 18.9 Å². The van der Waals surface area contributed by atoms with Gasteiger partial charge in [-0.15, -0.1) is 0 Å². The van der Waals surface area contributed by atoms with Crippen LogP contribution in [0.3, 0.4) is 0 Å². The SMILES string of the molecule is C/C=C\C=C/C(=NC)C(C)C. The maximum atomic E-state index is 4.16. The molecule has 62 valence electrons. The summed E-state index contributed by atoms with van der Waals surface area (Å²) >= 11 is 0. The van der Waals surface area contributed by atoms with Crippen molar-refractivity contribution >= 4 is 5.71 Å². The van der Waals surface area contributed by atoms with Gasteiger partial charge < -0.3 is 0 Å². The Bertz CT molecular complexity index is 173. The number of aliphatic imine (C=N–C) groups is 1. The number of nitrogens with zero attached hydrogens (tertiary/aromatic N) is 1. The molecule has 1 nitrogen and oxygen atoms in total. The normalized spacial score (nSPS) is 14.1. The van der Waals surface area contributed by atoms with Crippen LogP contribution in [-0.2, 0) is 0 Å². The molecule has 0 atom stereocenters. The minimum absolute atomic E-state index is 0.515. The van der Waals surface area contributed by atoms with Gasteiger partial charge >= 0.3 is 0 Å². The van der Waals surface area contributed by atoms with Crippen molar-refractivity contribution in [1.29, 1.82) is 0 Å². The van der Waals surface area contributed by atoms with Gasteiger partial charge in [0.15, 0.2) is 0 Å². The van der Waals surface area contributed by atoms with Crippen molar-refractivity contribution in [3.63, 3.8) is 0 Å². The van der Waals surface area contributed by atoms with Gasteiger partial charge in [-0.3, -0.25) is 4.99 Å². The molecule has 0 aromatic heterocycles. The van der Waals surface area contributed by atoms with Crippen LogP contribution in [0.2, 0.25) is 0 Å². The van der Waals surface area contributed by atoms with Gasteiger partial charge in [0.05, 0.1) is 0 Å². The standard InChI is InChI=1S/C10H17N/c1-5-6-7-8-10(11-4)9(2)3/h5-9H,1-4H3/b6-5-,8-7-,11-10?. The summed E-state index contributed by atoms with van der Waals surface area (Å²) in [4.78, 5) is 4.16. The molecule has 0 aromatic carbocycles. The lowest BCUT2D eigenvalue weighted by molar-refractivity contribution is 0.886. The summed E-state index contributed by atoms with van der Waals surface area (Å²) in [5.74, 6) is 0.515. The summed E-state index contributed by atoms with van der Waals surface area (Å²) < 4.78 is 0. The second-order valence-electron chi connectivity index (χ2n) is 2.69. The molecule has 0 aliphatic heterocycles. The van der Waals surface area contributed by atoms with Gasteiger partial charge in [0.25, 0.3) is 0 Å². The number of hydrogen-bond donors (Lipinski definition) is 0. The van der Waals surface area contributed by atoms with Crippen molar-refractivity contribution in [2.24, 2.45) is 10.9 Å². The Morgan fingerprint density at radius 2 is 1.91 bits per heavy atom. The lowest BCUT2D eigenvalue weighted by Crippen LogP contribution is -2.02. The first-order chi connectivity index (χ1) is 5.22. The monoisotopic (exact) mass is 151 g/mol. The van der Waals surface area contributed by atoms with Crippen molar-refractivity contribution in [3.8, 4) is 0 Å². The number of rotatable bonds is 3. The first kappa shape index (κ1) is 10.2. The van der Waals surface area contributed by atoms with Crippen LogP contribution in [0.4, 0.5) is 0 Å². The summed E-state index contributed by atoms with van der Waals surface area (Å²) in [6.45, 7) is 6.28. The van der Waals surface area contributed by atoms with Crippen LogP contribution in [0, 0.1) is 5.92 Å². The highest BCUT2D eigenvalue weighted by Crippen LogP contribution is 1.98. The van der Waals surface area contributed by atoms with E-state index in [9.17, 15) is 0 Å². The smallest absolute Gasteiger partial charge is 0.0370 e. The Kier molecular flexibility index (Phi) is 5.44. The van der Waals surface area contributed by atoms with Crippen LogP contribution in [0.25, 0.3) is 0 Å². The first-order valence-electron chi connectivity index (χ1n) is 3.98. The maximum absolute atomic E-state index is 4.16. The van der Waals surface area contributed by atoms with E-state index >= 15 is 0 Å². The van der Waals surface area contributed by atoms with Crippen LogP contribution in [0.15, 0.2) is 29.3 Å². The molecule has 0 aromatic rings. The molecule has 0 unspecified atom stereocenters. The highest BCUT2D eigenvalue weighted by Gasteiger charge is 1.96. The molecule has 0 radical (unpaired) electrons. The molecule has 0 rings (SSSR count). The highest BCUT2D eigenvalue weighted by molar-refractivity contribution is 5.96. The quantitative estimate of drug-likeness (QED) is 0.434. The van der Waals surface area contributed by atoms with Gasteiger partial charge in [-0.1, -0.05) is 32.1 Å². The van der Waals surface area contributed by atoms with Crippen molar-refractivity contribution in [2.75, 3.05) is 7.05 Å². The Morgan fingerprint density at radius 3 is 2.27 bits per heavy atom. The van der Waals surface area contributed by atoms with Gasteiger partial charge in [-0.25, -0.2) is 0 Å². The van der Waals surface area contributed by atoms with Crippen LogP contribution < -0.4 is 0 Å². The molecular formula is C10H17N. The van der Waals surface area contributed by atoms with Crippen LogP contribution in [0.5, 0.6) is 0 Å². The van der Waals surface area contributed by atoms with E-state index in [2.05, 4.69) is 18.8 Å². The molecule has 0 N–H and O–H groups in total. The van der Waals surface area contributed by atoms with E-state index in [0.717, 1.165) is 5.71 Å². The van der Waals surface area contributed by atoms with Gasteiger partial charge in [0.2, 0.25) is 0 Å². The molecule has 0 bridgehead atoms. The zero-order valence-corrected chi connectivity index (χ0v) is 7.83. The molecule has 0 amide bonds. The molecule has 1 heteroatoms. The molecule has 0 heterocycles. The van der Waals surface area contributed by atoms with Crippen molar-refractivity contribution in [1.82, 2.24) is 0 Å². The predicted molar refractivity (Wildman–Crippen MR) is 52.2 cm³/mol. The van der Waals surface area contributed by atoms with E-state index in [4.69, 9.17) is 0 Å². The maximum Gasteiger partial charge on any atom is 0.0370 e. The third-order valence-corrected chi connectivity index (χ3v) is 1.42. The summed E-state index contributed by atoms with van der Waals surface area (Å²) in [6.07, 6.45) is 8.07. The zero-order valence-electron chi connectivity index (χ0n) is 7.83. The van der Waals surface area contributed by atoms with Crippen LogP contribution in [0.1, 0.15) is 20.8 Å². The molecular weight excluding hydrogens is 134 g/mol. The fourth-order valence-electron chi connectivity index (χ4n) is 0.790. The third-order valence-electron chi connectivity index (χ3n) is 1.42. The number of hydrogen-bond acceptors (Lipinski definition) is 1. The van der Waals surface area contributed by atoms with Gasteiger partial charge in [0.1, 0.15) is 0 Å². The van der Waals surface area contributed by atoms with E-state index in [0.29, 0.717) is 5.92 Å². The Hall–Kier alpha value is -0.850. The largest absolute Gasteiger partial charge is 0.293 e. The predicted octanol–water partition coefficient (Wildman–Crippen LogP) is 2.85. The van der Waals surface area contributed by atoms with Crippen molar-refractivity contribution in [3.05, 3.63) is 24.3 Å². The molecule has 0 fully saturated rings. The minimum Gasteiger partial charge on any atom is -0.293 e. The Morgan fingerprint density at radius 1 is 1.27 bits per heavy atom. The van der Waals surface area contributed by atoms with E-state index in [1.807, 2.05) is 38.3 Å². The molecule has 0 aliphatic carbocycles. The third kappa shape index (κ3) is 4.54. The summed E-state index contributed by atoms with van der Waals surface area (Å²) in [6, 6.07) is 0. The number of allylic oxidation sites excluding steroid dienone is 4. The molecule has 0 aliphatic rings. The lowest BCUT2D eigenvalue weighted by Gasteiger charge is -2.01. The highest BCUT2D eigenvalue weighted by atomic mass is 14.7. The van der Waals surface area contributed by atoms with Crippen LogP contribution >= 0.6 is 0 Å². The average molecular weight is 151 g/mol. The molecule has 11 heavy (non-hydrogen) atoms. The molecule has 0 spiro atoms. The fourth-order valence-corrected chi connectivity index (χ4v) is 0.790. The Labute approximate surface area is 69.5 Å². The second-order valence-corrected chi connectivity index (χ2v) is 2.69. The van der Waals surface area contributed by atoms with E-state index in [1.54, 1.807) is 0 Å². The zero-order chi connectivity index (χ0) is 8.69. The van der Waals surface area contributed by atoms with E-state index < -0.39 is 0 Å². The summed E-state index contributed by atoms with van der Waals surface area (Å²) in [5, 5.41) is 0. The molecule has 0 saturated carbocycles. The Balaban J connectivity index is 4.10. The summed E-state index contributed by atoms with van der Waals surface area (Å²) in [5.41, 5.74) is 1.14. The first-order valence-corrected chi connectivity index (χ1v) is 3.98. The van der Waals surface area contributed by atoms with Gasteiger partial charge in [-0.2, -0.15) is 0 Å². The van der Waals surface area contributed by atoms with Crippen molar-refractivity contribution in [2.45, 2.75) is 20.8 Å². The van der Waals surface area contributed by atoms with E-state index in [-0.39, 0.29) is 0 Å². The van der Waals surface area contributed by atoms with E-state index in [1.165, 1.54) is 0 Å². The molecule has 0 saturated heterocycles.